The Morgan fingerprint density at radius 3 is 1.67 bits per heavy atom. The molecule has 4 nitrogen and oxygen atoms in total. The molecule has 2 aromatic rings. The molecule has 0 atom stereocenters. The zero-order chi connectivity index (χ0) is 19.4. The molecule has 2 aromatic carbocycles. The first kappa shape index (κ1) is 20.1. The molecule has 6 heteroatoms. The molecule has 0 saturated heterocycles. The molecule has 1 aliphatic heterocycles. The highest BCUT2D eigenvalue weighted by Gasteiger charge is 2.32. The quantitative estimate of drug-likeness (QED) is 0.538. The van der Waals surface area contributed by atoms with Crippen LogP contribution in [0.4, 0.5) is 0 Å². The van der Waals surface area contributed by atoms with Gasteiger partial charge >= 0.3 is 13.0 Å². The second kappa shape index (κ2) is 9.06. The van der Waals surface area contributed by atoms with Crippen molar-refractivity contribution in [3.05, 3.63) is 57.6 Å². The summed E-state index contributed by atoms with van der Waals surface area (Å²) in [6.07, 6.45) is 4.72. The highest BCUT2D eigenvalue weighted by molar-refractivity contribution is 9.24. The molecule has 140 valence electrons. The first-order valence-electron chi connectivity index (χ1n) is 9.13. The highest BCUT2D eigenvalue weighted by atomic mass is 79.9. The Hall–Kier alpha value is -1.61. The van der Waals surface area contributed by atoms with E-state index in [2.05, 4.69) is 76.0 Å². The van der Waals surface area contributed by atoms with E-state index in [-0.39, 0.29) is 0 Å². The van der Waals surface area contributed by atoms with Gasteiger partial charge in [-0.2, -0.15) is 0 Å². The van der Waals surface area contributed by atoms with Crippen LogP contribution in [-0.4, -0.2) is 38.5 Å². The standard InChI is InChI=1S/C21H26N2O2.Al.BrH/c1-14-8-16(3)20(24)18(10-14)12-22-6-5-7-23-13-19-11-15(2)9-17(4)21(19)25;;/h8-13,24-25H,5-7H2,1-4H3;;1H/q;+3;/p-3. The lowest BCUT2D eigenvalue weighted by Crippen LogP contribution is -2.25. The van der Waals surface area contributed by atoms with E-state index in [0.717, 1.165) is 53.3 Å². The minimum Gasteiger partial charge on any atom is -0.603 e. The SMILES string of the molecule is Cc1cc(C)c2c(c1)C=NCCCN=Cc1cc(C)cc(C)c1[O][Al]([Br])[O]2. The van der Waals surface area contributed by atoms with Gasteiger partial charge in [-0.25, -0.2) is 0 Å². The van der Waals surface area contributed by atoms with Crippen molar-refractivity contribution in [1.82, 2.24) is 0 Å². The zero-order valence-electron chi connectivity index (χ0n) is 16.3. The van der Waals surface area contributed by atoms with Crippen LogP contribution in [0.5, 0.6) is 11.5 Å². The largest absolute Gasteiger partial charge is 0.957 e. The van der Waals surface area contributed by atoms with Crippen molar-refractivity contribution in [1.29, 1.82) is 0 Å². The van der Waals surface area contributed by atoms with Gasteiger partial charge in [0, 0.05) is 36.6 Å². The van der Waals surface area contributed by atoms with Crippen LogP contribution in [0.2, 0.25) is 0 Å². The molecule has 27 heavy (non-hydrogen) atoms. The van der Waals surface area contributed by atoms with E-state index >= 15 is 0 Å². The molecule has 1 heterocycles. The summed E-state index contributed by atoms with van der Waals surface area (Å²) in [6, 6.07) is 8.46. The Labute approximate surface area is 173 Å². The average molecular weight is 443 g/mol. The first-order chi connectivity index (χ1) is 12.9. The maximum absolute atomic E-state index is 6.27. The number of rotatable bonds is 0. The molecule has 0 spiro atoms. The number of halogens is 1. The summed E-state index contributed by atoms with van der Waals surface area (Å²) in [7, 11) is 0. The predicted octanol–water partition coefficient (Wildman–Crippen LogP) is 5.00. The third-order valence-electron chi connectivity index (χ3n) is 4.35. The van der Waals surface area contributed by atoms with E-state index in [1.54, 1.807) is 0 Å². The third-order valence-corrected chi connectivity index (χ3v) is 6.32. The number of nitrogens with zero attached hydrogens (tertiary/aromatic N) is 2. The lowest BCUT2D eigenvalue weighted by atomic mass is 10.1. The highest BCUT2D eigenvalue weighted by Crippen LogP contribution is 2.29. The summed E-state index contributed by atoms with van der Waals surface area (Å²) < 4.78 is 12.5. The molecule has 1 aliphatic rings. The lowest BCUT2D eigenvalue weighted by molar-refractivity contribution is 0.447. The van der Waals surface area contributed by atoms with E-state index < -0.39 is 13.0 Å². The molecule has 0 amide bonds. The van der Waals surface area contributed by atoms with Gasteiger partial charge in [0.25, 0.3) is 0 Å². The van der Waals surface area contributed by atoms with Crippen LogP contribution in [0.25, 0.3) is 0 Å². The van der Waals surface area contributed by atoms with Crippen molar-refractivity contribution in [2.24, 2.45) is 9.98 Å². The molecule has 0 fully saturated rings. The van der Waals surface area contributed by atoms with Crippen LogP contribution in [0.15, 0.2) is 34.3 Å². The van der Waals surface area contributed by atoms with Crippen LogP contribution in [0.1, 0.15) is 39.8 Å². The predicted molar refractivity (Wildman–Crippen MR) is 117 cm³/mol. The van der Waals surface area contributed by atoms with E-state index in [4.69, 9.17) is 7.58 Å². The van der Waals surface area contributed by atoms with Crippen LogP contribution in [0.3, 0.4) is 0 Å². The van der Waals surface area contributed by atoms with Crippen LogP contribution in [0, 0.1) is 27.7 Å². The Morgan fingerprint density at radius 2 is 1.22 bits per heavy atom. The number of hydrogen-bond donors (Lipinski definition) is 0. The molecular formula is C21H24AlBrN2O2. The van der Waals surface area contributed by atoms with Gasteiger partial charge in [-0.05, 0) is 68.5 Å². The fourth-order valence-electron chi connectivity index (χ4n) is 3.28. The van der Waals surface area contributed by atoms with Crippen molar-refractivity contribution in [3.63, 3.8) is 0 Å². The van der Waals surface area contributed by atoms with Gasteiger partial charge in [-0.3, -0.25) is 9.98 Å². The van der Waals surface area contributed by atoms with Gasteiger partial charge in [0.05, 0.1) is 11.5 Å². The number of hydrogen-bond acceptors (Lipinski definition) is 4. The molecule has 0 saturated carbocycles. The van der Waals surface area contributed by atoms with Gasteiger partial charge in [0.15, 0.2) is 0 Å². The maximum atomic E-state index is 6.27. The Kier molecular flexibility index (Phi) is 6.75. The fourth-order valence-corrected chi connectivity index (χ4v) is 5.46. The zero-order valence-corrected chi connectivity index (χ0v) is 19.0. The molecule has 0 bridgehead atoms. The van der Waals surface area contributed by atoms with E-state index in [0.29, 0.717) is 0 Å². The summed E-state index contributed by atoms with van der Waals surface area (Å²) in [5, 5.41) is 0. The van der Waals surface area contributed by atoms with Crippen molar-refractivity contribution < 1.29 is 7.58 Å². The summed E-state index contributed by atoms with van der Waals surface area (Å²) >= 11 is 1.51. The van der Waals surface area contributed by atoms with E-state index in [1.165, 1.54) is 11.1 Å². The second-order valence-electron chi connectivity index (χ2n) is 6.93. The van der Waals surface area contributed by atoms with Gasteiger partial charge in [0.1, 0.15) is 0 Å². The van der Waals surface area contributed by atoms with E-state index in [1.807, 2.05) is 12.4 Å². The molecule has 0 radical (unpaired) electrons. The monoisotopic (exact) mass is 442 g/mol. The van der Waals surface area contributed by atoms with Crippen LogP contribution < -0.4 is 7.58 Å². The topological polar surface area (TPSA) is 43.2 Å². The Morgan fingerprint density at radius 1 is 0.778 bits per heavy atom. The first-order valence-corrected chi connectivity index (χ1v) is 13.3. The third kappa shape index (κ3) is 5.22. The fraction of sp³-hybridized carbons (Fsp3) is 0.333. The van der Waals surface area contributed by atoms with E-state index in [9.17, 15) is 0 Å². The number of aryl methyl sites for hydroxylation is 4. The van der Waals surface area contributed by atoms with Crippen molar-refractivity contribution in [2.45, 2.75) is 34.1 Å². The van der Waals surface area contributed by atoms with Crippen LogP contribution in [-0.2, 0) is 0 Å². The molecule has 0 aromatic heterocycles. The summed E-state index contributed by atoms with van der Waals surface area (Å²) in [4.78, 5) is 9.12. The van der Waals surface area contributed by atoms with Crippen molar-refractivity contribution in [3.8, 4) is 11.5 Å². The molecule has 3 rings (SSSR count). The summed E-state index contributed by atoms with van der Waals surface area (Å²) in [6.45, 7) is 9.79. The molecular weight excluding hydrogens is 419 g/mol. The average Bonchev–Trinajstić information content (AvgIpc) is 2.59. The minimum absolute atomic E-state index is 0.745. The Bertz CT molecular complexity index is 825. The van der Waals surface area contributed by atoms with Gasteiger partial charge in [0.2, 0.25) is 0 Å². The van der Waals surface area contributed by atoms with Crippen molar-refractivity contribution >= 4 is 39.5 Å². The smallest absolute Gasteiger partial charge is 0.603 e. The molecule has 0 N–H and O–H groups in total. The Balaban J connectivity index is 2.01. The number of aliphatic imine (C=N–C) groups is 2. The van der Waals surface area contributed by atoms with Crippen molar-refractivity contribution in [2.75, 3.05) is 13.1 Å². The summed E-state index contributed by atoms with van der Waals surface area (Å²) in [5.74, 6) is 1.69. The second-order valence-corrected chi connectivity index (χ2v) is 10.2. The summed E-state index contributed by atoms with van der Waals surface area (Å²) in [5.41, 5.74) is 6.55. The molecule has 0 unspecified atom stereocenters. The molecule has 0 aliphatic carbocycles. The van der Waals surface area contributed by atoms with Crippen LogP contribution >= 0.6 is 14.1 Å². The lowest BCUT2D eigenvalue weighted by Gasteiger charge is -2.19. The van der Waals surface area contributed by atoms with Gasteiger partial charge in [-0.15, -0.1) is 14.1 Å². The minimum atomic E-state index is -2.15. The van der Waals surface area contributed by atoms with Gasteiger partial charge in [-0.1, -0.05) is 12.1 Å². The maximum Gasteiger partial charge on any atom is 0.957 e. The number of fused-ring (bicyclic) bond motifs is 2. The number of benzene rings is 2. The van der Waals surface area contributed by atoms with Gasteiger partial charge < -0.3 is 7.58 Å². The normalized spacial score (nSPS) is 14.6.